The van der Waals surface area contributed by atoms with Crippen molar-refractivity contribution in [1.82, 2.24) is 4.98 Å². The molecule has 0 atom stereocenters. The van der Waals surface area contributed by atoms with Crippen molar-refractivity contribution in [1.29, 1.82) is 0 Å². The Hall–Kier alpha value is -1.52. The van der Waals surface area contributed by atoms with E-state index in [1.807, 2.05) is 24.3 Å². The van der Waals surface area contributed by atoms with Crippen molar-refractivity contribution in [2.75, 3.05) is 7.11 Å². The van der Waals surface area contributed by atoms with E-state index < -0.39 is 0 Å². The van der Waals surface area contributed by atoms with E-state index in [-0.39, 0.29) is 0 Å². The summed E-state index contributed by atoms with van der Waals surface area (Å²) >= 11 is 1.47. The third-order valence-corrected chi connectivity index (χ3v) is 3.06. The Morgan fingerprint density at radius 2 is 2.12 bits per heavy atom. The molecule has 3 nitrogen and oxygen atoms in total. The lowest BCUT2D eigenvalue weighted by molar-refractivity contribution is 0.111. The number of aromatic nitrogens is 1. The van der Waals surface area contributed by atoms with Crippen molar-refractivity contribution in [2.24, 2.45) is 0 Å². The summed E-state index contributed by atoms with van der Waals surface area (Å²) in [4.78, 5) is 14.7. The zero-order valence-corrected chi connectivity index (χ0v) is 9.66. The van der Waals surface area contributed by atoms with Crippen molar-refractivity contribution >= 4 is 17.6 Å². The Morgan fingerprint density at radius 1 is 1.38 bits per heavy atom. The molecule has 2 aromatic rings. The van der Waals surface area contributed by atoms with Crippen molar-refractivity contribution in [3.8, 4) is 10.6 Å². The molecule has 16 heavy (non-hydrogen) atoms. The molecule has 1 aromatic carbocycles. The number of rotatable bonds is 4. The first-order chi connectivity index (χ1) is 7.83. The van der Waals surface area contributed by atoms with Crippen LogP contribution < -0.4 is 0 Å². The van der Waals surface area contributed by atoms with E-state index in [2.05, 4.69) is 4.98 Å². The number of carbonyl (C=O) groups is 1. The van der Waals surface area contributed by atoms with Gasteiger partial charge in [0.2, 0.25) is 0 Å². The van der Waals surface area contributed by atoms with Gasteiger partial charge in [-0.05, 0) is 5.56 Å². The molecule has 4 heteroatoms. The lowest BCUT2D eigenvalue weighted by Crippen LogP contribution is -1.87. The molecular formula is C12H11NO2S. The summed E-state index contributed by atoms with van der Waals surface area (Å²) in [6.45, 7) is 0.609. The Balaban J connectivity index is 2.23. The molecule has 0 fully saturated rings. The second-order valence-corrected chi connectivity index (χ2v) is 4.18. The van der Waals surface area contributed by atoms with Crippen LogP contribution >= 0.6 is 11.3 Å². The summed E-state index contributed by atoms with van der Waals surface area (Å²) < 4.78 is 5.04. The number of methoxy groups -OCH3 is 1. The Morgan fingerprint density at radius 3 is 2.69 bits per heavy atom. The maximum atomic E-state index is 10.5. The SMILES string of the molecule is COCc1ccc(-c2nc(C=O)cs2)cc1. The molecule has 1 aromatic heterocycles. The predicted molar refractivity (Wildman–Crippen MR) is 63.7 cm³/mol. The number of thiazole rings is 1. The van der Waals surface area contributed by atoms with Gasteiger partial charge in [0.25, 0.3) is 0 Å². The van der Waals surface area contributed by atoms with E-state index >= 15 is 0 Å². The topological polar surface area (TPSA) is 39.2 Å². The number of hydrogen-bond acceptors (Lipinski definition) is 4. The second kappa shape index (κ2) is 5.01. The van der Waals surface area contributed by atoms with E-state index in [0.717, 1.165) is 22.4 Å². The number of nitrogens with zero attached hydrogens (tertiary/aromatic N) is 1. The second-order valence-electron chi connectivity index (χ2n) is 3.33. The molecule has 82 valence electrons. The summed E-state index contributed by atoms with van der Waals surface area (Å²) in [6, 6.07) is 7.98. The minimum absolute atomic E-state index is 0.487. The number of aldehydes is 1. The molecule has 0 aliphatic carbocycles. The molecule has 0 saturated carbocycles. The highest BCUT2D eigenvalue weighted by molar-refractivity contribution is 7.13. The monoisotopic (exact) mass is 233 g/mol. The summed E-state index contributed by atoms with van der Waals surface area (Å²) in [6.07, 6.45) is 0.763. The van der Waals surface area contributed by atoms with Gasteiger partial charge < -0.3 is 4.74 Å². The third-order valence-electron chi connectivity index (χ3n) is 2.15. The van der Waals surface area contributed by atoms with Crippen LogP contribution in [0.4, 0.5) is 0 Å². The van der Waals surface area contributed by atoms with Crippen LogP contribution in [0, 0.1) is 0 Å². The highest BCUT2D eigenvalue weighted by Crippen LogP contribution is 2.23. The fraction of sp³-hybridized carbons (Fsp3) is 0.167. The van der Waals surface area contributed by atoms with Crippen molar-refractivity contribution in [3.05, 3.63) is 40.9 Å². The molecule has 0 radical (unpaired) electrons. The number of ether oxygens (including phenoxy) is 1. The predicted octanol–water partition coefficient (Wildman–Crippen LogP) is 2.77. The molecular weight excluding hydrogens is 222 g/mol. The maximum absolute atomic E-state index is 10.5. The van der Waals surface area contributed by atoms with Crippen LogP contribution in [-0.4, -0.2) is 18.4 Å². The van der Waals surface area contributed by atoms with Gasteiger partial charge >= 0.3 is 0 Å². The average molecular weight is 233 g/mol. The quantitative estimate of drug-likeness (QED) is 0.762. The van der Waals surface area contributed by atoms with Gasteiger partial charge in [-0.15, -0.1) is 11.3 Å². The van der Waals surface area contributed by atoms with Crippen molar-refractivity contribution in [2.45, 2.75) is 6.61 Å². The maximum Gasteiger partial charge on any atom is 0.169 e. The van der Waals surface area contributed by atoms with Crippen molar-refractivity contribution in [3.63, 3.8) is 0 Å². The first-order valence-corrected chi connectivity index (χ1v) is 5.70. The van der Waals surface area contributed by atoms with Crippen LogP contribution in [0.1, 0.15) is 16.1 Å². The Labute approximate surface area is 97.7 Å². The lowest BCUT2D eigenvalue weighted by Gasteiger charge is -2.00. The minimum Gasteiger partial charge on any atom is -0.380 e. The van der Waals surface area contributed by atoms with Crippen LogP contribution in [-0.2, 0) is 11.3 Å². The summed E-state index contributed by atoms with van der Waals surface area (Å²) in [5.74, 6) is 0. The lowest BCUT2D eigenvalue weighted by atomic mass is 10.1. The molecule has 0 spiro atoms. The summed E-state index contributed by atoms with van der Waals surface area (Å²) in [5.41, 5.74) is 2.64. The average Bonchev–Trinajstić information content (AvgIpc) is 2.79. The van der Waals surface area contributed by atoms with Crippen LogP contribution in [0.2, 0.25) is 0 Å². The van der Waals surface area contributed by atoms with Gasteiger partial charge in [0.05, 0.1) is 6.61 Å². The molecule has 0 aliphatic rings. The molecule has 2 rings (SSSR count). The third kappa shape index (κ3) is 2.35. The van der Waals surface area contributed by atoms with Gasteiger partial charge in [0, 0.05) is 18.1 Å². The molecule has 0 unspecified atom stereocenters. The number of hydrogen-bond donors (Lipinski definition) is 0. The van der Waals surface area contributed by atoms with Gasteiger partial charge in [0.15, 0.2) is 6.29 Å². The van der Waals surface area contributed by atoms with E-state index in [9.17, 15) is 4.79 Å². The van der Waals surface area contributed by atoms with Gasteiger partial charge in [-0.2, -0.15) is 0 Å². The minimum atomic E-state index is 0.487. The van der Waals surface area contributed by atoms with Gasteiger partial charge in [-0.25, -0.2) is 4.98 Å². The summed E-state index contributed by atoms with van der Waals surface area (Å²) in [5, 5.41) is 2.62. The van der Waals surface area contributed by atoms with Crippen LogP contribution in [0.25, 0.3) is 10.6 Å². The normalized spacial score (nSPS) is 10.3. The number of benzene rings is 1. The van der Waals surface area contributed by atoms with E-state index in [0.29, 0.717) is 12.3 Å². The van der Waals surface area contributed by atoms with Gasteiger partial charge in [-0.3, -0.25) is 4.79 Å². The highest BCUT2D eigenvalue weighted by Gasteiger charge is 2.03. The van der Waals surface area contributed by atoms with Gasteiger partial charge in [0.1, 0.15) is 10.7 Å². The molecule has 0 bridgehead atoms. The van der Waals surface area contributed by atoms with Gasteiger partial charge in [-0.1, -0.05) is 24.3 Å². The van der Waals surface area contributed by atoms with Crippen LogP contribution in [0.3, 0.4) is 0 Å². The number of carbonyl (C=O) groups excluding carboxylic acids is 1. The van der Waals surface area contributed by atoms with Crippen LogP contribution in [0.5, 0.6) is 0 Å². The zero-order valence-electron chi connectivity index (χ0n) is 8.84. The largest absolute Gasteiger partial charge is 0.380 e. The van der Waals surface area contributed by atoms with Crippen molar-refractivity contribution < 1.29 is 9.53 Å². The highest BCUT2D eigenvalue weighted by atomic mass is 32.1. The summed E-state index contributed by atoms with van der Waals surface area (Å²) in [7, 11) is 1.67. The first-order valence-electron chi connectivity index (χ1n) is 4.82. The fourth-order valence-electron chi connectivity index (χ4n) is 1.38. The molecule has 0 amide bonds. The smallest absolute Gasteiger partial charge is 0.169 e. The molecule has 0 aliphatic heterocycles. The molecule has 0 saturated heterocycles. The van der Waals surface area contributed by atoms with E-state index in [1.165, 1.54) is 11.3 Å². The first kappa shape index (κ1) is 11.0. The Kier molecular flexibility index (Phi) is 3.44. The van der Waals surface area contributed by atoms with Crippen LogP contribution in [0.15, 0.2) is 29.6 Å². The standard InChI is InChI=1S/C12H11NO2S/c1-15-7-9-2-4-10(5-3-9)12-13-11(6-14)8-16-12/h2-6,8H,7H2,1H3. The fourth-order valence-corrected chi connectivity index (χ4v) is 2.15. The molecule has 0 N–H and O–H groups in total. The zero-order chi connectivity index (χ0) is 11.4. The van der Waals surface area contributed by atoms with E-state index in [1.54, 1.807) is 12.5 Å². The Bertz CT molecular complexity index is 476. The van der Waals surface area contributed by atoms with E-state index in [4.69, 9.17) is 4.74 Å². The molecule has 1 heterocycles.